The number of carbonyl (C=O) groups excluding carboxylic acids is 1. The van der Waals surface area contributed by atoms with E-state index in [1.807, 2.05) is 0 Å². The van der Waals surface area contributed by atoms with E-state index >= 15 is 0 Å². The lowest BCUT2D eigenvalue weighted by molar-refractivity contribution is 0.183. The Balaban J connectivity index is 2.20. The van der Waals surface area contributed by atoms with Gasteiger partial charge >= 0.3 is 6.09 Å². The molecule has 0 bridgehead atoms. The lowest BCUT2D eigenvalue weighted by atomic mass is 9.96. The van der Waals surface area contributed by atoms with Gasteiger partial charge < -0.3 is 10.1 Å². The van der Waals surface area contributed by atoms with Crippen LogP contribution in [0.25, 0.3) is 0 Å². The molecule has 1 aliphatic rings. The van der Waals surface area contributed by atoms with Crippen molar-refractivity contribution in [3.8, 4) is 12.0 Å². The van der Waals surface area contributed by atoms with E-state index in [9.17, 15) is 4.79 Å². The number of alkyl carbamates (subject to hydrolysis) is 1. The Labute approximate surface area is 78.8 Å². The van der Waals surface area contributed by atoms with Crippen molar-refractivity contribution in [2.24, 2.45) is 0 Å². The summed E-state index contributed by atoms with van der Waals surface area (Å²) in [5.74, 6) is 2.50. The van der Waals surface area contributed by atoms with Gasteiger partial charge in [0.25, 0.3) is 0 Å². The maximum absolute atomic E-state index is 11.0. The largest absolute Gasteiger partial charge is 0.421 e. The van der Waals surface area contributed by atoms with Crippen LogP contribution in [-0.4, -0.2) is 12.1 Å². The molecule has 72 valence electrons. The highest BCUT2D eigenvalue weighted by atomic mass is 16.5. The fourth-order valence-corrected chi connectivity index (χ4v) is 1.54. The Hall–Kier alpha value is -1.17. The minimum atomic E-state index is -0.416. The van der Waals surface area contributed by atoms with Gasteiger partial charge in [0.2, 0.25) is 0 Å². The maximum atomic E-state index is 11.0. The summed E-state index contributed by atoms with van der Waals surface area (Å²) >= 11 is 0. The van der Waals surface area contributed by atoms with Crippen molar-refractivity contribution in [1.82, 2.24) is 5.32 Å². The molecule has 0 aromatic carbocycles. The Morgan fingerprint density at radius 3 is 2.69 bits per heavy atom. The van der Waals surface area contributed by atoms with Crippen molar-refractivity contribution < 1.29 is 9.53 Å². The second-order valence-electron chi connectivity index (χ2n) is 3.22. The highest BCUT2D eigenvalue weighted by Crippen LogP contribution is 2.17. The topological polar surface area (TPSA) is 38.3 Å². The minimum absolute atomic E-state index is 0.292. The van der Waals surface area contributed by atoms with Crippen LogP contribution in [0.1, 0.15) is 39.0 Å². The quantitative estimate of drug-likeness (QED) is 0.628. The van der Waals surface area contributed by atoms with Gasteiger partial charge in [-0.2, -0.15) is 0 Å². The average molecular weight is 181 g/mol. The van der Waals surface area contributed by atoms with Crippen molar-refractivity contribution in [1.29, 1.82) is 0 Å². The average Bonchev–Trinajstić information content (AvgIpc) is 2.16. The van der Waals surface area contributed by atoms with Crippen molar-refractivity contribution in [2.45, 2.75) is 45.1 Å². The summed E-state index contributed by atoms with van der Waals surface area (Å²) in [6, 6.07) is 0.292. The molecule has 3 heteroatoms. The number of rotatable bonds is 1. The minimum Gasteiger partial charge on any atom is -0.356 e. The summed E-state index contributed by atoms with van der Waals surface area (Å²) in [5, 5.41) is 2.79. The number of ether oxygens (including phenoxy) is 1. The molecule has 3 nitrogen and oxygen atoms in total. The Morgan fingerprint density at radius 1 is 1.38 bits per heavy atom. The molecular weight excluding hydrogens is 166 g/mol. The lowest BCUT2D eigenvalue weighted by Gasteiger charge is -2.21. The fraction of sp³-hybridized carbons (Fsp3) is 0.700. The fourth-order valence-electron chi connectivity index (χ4n) is 1.54. The molecule has 0 saturated heterocycles. The van der Waals surface area contributed by atoms with E-state index in [-0.39, 0.29) is 0 Å². The predicted molar refractivity (Wildman–Crippen MR) is 49.9 cm³/mol. The van der Waals surface area contributed by atoms with E-state index < -0.39 is 6.09 Å². The highest BCUT2D eigenvalue weighted by Gasteiger charge is 2.15. The molecule has 1 fully saturated rings. The maximum Gasteiger partial charge on any atom is 0.421 e. The van der Waals surface area contributed by atoms with Crippen LogP contribution in [0.15, 0.2) is 0 Å². The van der Waals surface area contributed by atoms with Crippen LogP contribution in [0.5, 0.6) is 0 Å². The van der Waals surface area contributed by atoms with Crippen molar-refractivity contribution >= 4 is 6.09 Å². The standard InChI is InChI=1S/C10H15NO2/c1-2-8-13-10(12)11-9-6-4-3-5-7-9/h9H,3-7H2,1H3,(H,11,12). The number of amides is 1. The predicted octanol–water partition coefficient (Wildman–Crippen LogP) is 2.03. The Bertz CT molecular complexity index is 221. The molecule has 13 heavy (non-hydrogen) atoms. The van der Waals surface area contributed by atoms with Gasteiger partial charge in [0.15, 0.2) is 0 Å². The summed E-state index contributed by atoms with van der Waals surface area (Å²) in [5.41, 5.74) is 0. The second kappa shape index (κ2) is 5.47. The third kappa shape index (κ3) is 3.84. The molecule has 1 amide bonds. The SMILES string of the molecule is CC#COC(=O)NC1CCCCC1. The van der Waals surface area contributed by atoms with Gasteiger partial charge in [-0.3, -0.25) is 0 Å². The van der Waals surface area contributed by atoms with E-state index in [0.717, 1.165) is 12.8 Å². The van der Waals surface area contributed by atoms with Gasteiger partial charge in [-0.1, -0.05) is 25.2 Å². The summed E-state index contributed by atoms with van der Waals surface area (Å²) in [4.78, 5) is 11.0. The van der Waals surface area contributed by atoms with Crippen LogP contribution >= 0.6 is 0 Å². The zero-order valence-corrected chi connectivity index (χ0v) is 7.93. The monoisotopic (exact) mass is 181 g/mol. The Kier molecular flexibility index (Phi) is 4.17. The normalized spacial score (nSPS) is 17.0. The third-order valence-corrected chi connectivity index (χ3v) is 2.17. The number of nitrogens with one attached hydrogen (secondary N) is 1. The molecule has 0 radical (unpaired) electrons. The second-order valence-corrected chi connectivity index (χ2v) is 3.22. The molecule has 0 aliphatic heterocycles. The van der Waals surface area contributed by atoms with Gasteiger partial charge in [0.1, 0.15) is 6.11 Å². The van der Waals surface area contributed by atoms with Crippen LogP contribution in [0, 0.1) is 12.0 Å². The van der Waals surface area contributed by atoms with Gasteiger partial charge in [-0.25, -0.2) is 4.79 Å². The van der Waals surface area contributed by atoms with Gasteiger partial charge in [0, 0.05) is 13.0 Å². The zero-order valence-electron chi connectivity index (χ0n) is 7.93. The van der Waals surface area contributed by atoms with Gasteiger partial charge in [0.05, 0.1) is 0 Å². The van der Waals surface area contributed by atoms with Crippen LogP contribution in [-0.2, 0) is 4.74 Å². The first-order valence-electron chi connectivity index (χ1n) is 4.72. The van der Waals surface area contributed by atoms with E-state index in [2.05, 4.69) is 22.1 Å². The summed E-state index contributed by atoms with van der Waals surface area (Å²) in [6.07, 6.45) is 7.67. The first-order chi connectivity index (χ1) is 6.33. The lowest BCUT2D eigenvalue weighted by Crippen LogP contribution is -2.35. The molecule has 1 N–H and O–H groups in total. The van der Waals surface area contributed by atoms with Crippen LogP contribution in [0.2, 0.25) is 0 Å². The summed E-state index contributed by atoms with van der Waals surface area (Å²) in [6.45, 7) is 1.63. The molecule has 0 heterocycles. The molecular formula is C10H15NO2. The highest BCUT2D eigenvalue weighted by molar-refractivity contribution is 5.68. The van der Waals surface area contributed by atoms with Crippen LogP contribution in [0.3, 0.4) is 0 Å². The number of hydrogen-bond donors (Lipinski definition) is 1. The van der Waals surface area contributed by atoms with Crippen LogP contribution < -0.4 is 5.32 Å². The van der Waals surface area contributed by atoms with Crippen molar-refractivity contribution in [3.63, 3.8) is 0 Å². The summed E-state index contributed by atoms with van der Waals surface area (Å²) < 4.78 is 4.58. The summed E-state index contributed by atoms with van der Waals surface area (Å²) in [7, 11) is 0. The van der Waals surface area contributed by atoms with E-state index in [1.165, 1.54) is 19.3 Å². The number of hydrogen-bond acceptors (Lipinski definition) is 2. The third-order valence-electron chi connectivity index (χ3n) is 2.17. The van der Waals surface area contributed by atoms with E-state index in [4.69, 9.17) is 0 Å². The molecule has 0 aromatic rings. The van der Waals surface area contributed by atoms with E-state index in [1.54, 1.807) is 6.92 Å². The zero-order chi connectivity index (χ0) is 9.52. The van der Waals surface area contributed by atoms with Gasteiger partial charge in [-0.15, -0.1) is 0 Å². The molecule has 1 saturated carbocycles. The van der Waals surface area contributed by atoms with E-state index in [0.29, 0.717) is 6.04 Å². The molecule has 0 aromatic heterocycles. The number of carbonyl (C=O) groups is 1. The first-order valence-corrected chi connectivity index (χ1v) is 4.72. The molecule has 0 spiro atoms. The Morgan fingerprint density at radius 2 is 2.08 bits per heavy atom. The molecule has 1 aliphatic carbocycles. The van der Waals surface area contributed by atoms with Crippen molar-refractivity contribution in [3.05, 3.63) is 0 Å². The smallest absolute Gasteiger partial charge is 0.356 e. The molecule has 0 unspecified atom stereocenters. The van der Waals surface area contributed by atoms with Crippen LogP contribution in [0.4, 0.5) is 4.79 Å². The van der Waals surface area contributed by atoms with Crippen molar-refractivity contribution in [2.75, 3.05) is 0 Å². The molecule has 1 rings (SSSR count). The molecule has 0 atom stereocenters. The first kappa shape index (κ1) is 9.91. The van der Waals surface area contributed by atoms with Gasteiger partial charge in [-0.05, 0) is 12.8 Å².